The zero-order chi connectivity index (χ0) is 22.7. The fraction of sp³-hybridized carbons (Fsp3) is 0.440. The molecule has 1 fully saturated rings. The highest BCUT2D eigenvalue weighted by atomic mass is 16.6. The monoisotopic (exact) mass is 448 g/mol. The molecule has 1 spiro atoms. The molecule has 33 heavy (non-hydrogen) atoms. The molecule has 8 nitrogen and oxygen atoms in total. The van der Waals surface area contributed by atoms with Gasteiger partial charge in [0.1, 0.15) is 30.0 Å². The standard InChI is InChI=1S/C25H28N4O4/c30-23(19-8-9-20-21(17-19)27-28-26-20)29-13-11-25(12-14-29)10-4-3-6-18-5-1-2-7-22(18)32-15-16-33-24(25)31/h1-2,5,7-9,17H,3-4,6,10-16H2,(H,26,27,28). The van der Waals surface area contributed by atoms with Crippen molar-refractivity contribution in [1.82, 2.24) is 20.3 Å². The second-order valence-corrected chi connectivity index (χ2v) is 8.90. The third-order valence-corrected chi connectivity index (χ3v) is 6.90. The molecule has 1 aromatic heterocycles. The summed E-state index contributed by atoms with van der Waals surface area (Å²) in [6.45, 7) is 1.64. The van der Waals surface area contributed by atoms with Crippen LogP contribution in [0.25, 0.3) is 11.0 Å². The molecule has 2 aliphatic heterocycles. The van der Waals surface area contributed by atoms with Crippen molar-refractivity contribution in [1.29, 1.82) is 0 Å². The SMILES string of the molecule is O=C(c1ccc2n[nH]nc2c1)N1CCC2(CCCCc3ccccc3OCCOC2=O)CC1. The van der Waals surface area contributed by atoms with Crippen LogP contribution < -0.4 is 4.74 Å². The number of cyclic esters (lactones) is 1. The third kappa shape index (κ3) is 4.42. The van der Waals surface area contributed by atoms with Crippen molar-refractivity contribution in [2.45, 2.75) is 38.5 Å². The van der Waals surface area contributed by atoms with E-state index in [0.29, 0.717) is 43.6 Å². The number of piperidine rings is 1. The molecule has 0 saturated carbocycles. The summed E-state index contributed by atoms with van der Waals surface area (Å²) >= 11 is 0. The van der Waals surface area contributed by atoms with Gasteiger partial charge in [0.25, 0.3) is 5.91 Å². The first-order chi connectivity index (χ1) is 16.1. The Kier molecular flexibility index (Phi) is 5.98. The Bertz CT molecular complexity index is 1150. The van der Waals surface area contributed by atoms with Crippen molar-refractivity contribution in [2.24, 2.45) is 5.41 Å². The first kappa shape index (κ1) is 21.4. The van der Waals surface area contributed by atoms with Gasteiger partial charge in [-0.05, 0) is 61.9 Å². The number of H-pyrrole nitrogens is 1. The number of esters is 1. The molecule has 5 rings (SSSR count). The van der Waals surface area contributed by atoms with Crippen molar-refractivity contribution in [2.75, 3.05) is 26.3 Å². The van der Waals surface area contributed by atoms with E-state index in [2.05, 4.69) is 21.5 Å². The number of likely N-dealkylation sites (tertiary alicyclic amines) is 1. The predicted octanol–water partition coefficient (Wildman–Crippen LogP) is 3.53. The maximum Gasteiger partial charge on any atom is 0.312 e. The molecule has 172 valence electrons. The van der Waals surface area contributed by atoms with E-state index in [-0.39, 0.29) is 18.5 Å². The molecule has 1 amide bonds. The Morgan fingerprint density at radius 3 is 2.61 bits per heavy atom. The minimum atomic E-state index is -0.536. The molecule has 0 aliphatic carbocycles. The van der Waals surface area contributed by atoms with Crippen LogP contribution in [0.2, 0.25) is 0 Å². The molecule has 0 radical (unpaired) electrons. The molecule has 2 aromatic carbocycles. The number of aromatic amines is 1. The number of hydrogen-bond donors (Lipinski definition) is 1. The Balaban J connectivity index is 1.25. The normalized spacial score (nSPS) is 19.2. The molecular formula is C25H28N4O4. The van der Waals surface area contributed by atoms with E-state index in [1.807, 2.05) is 23.1 Å². The van der Waals surface area contributed by atoms with Gasteiger partial charge in [0.05, 0.1) is 5.41 Å². The molecule has 1 N–H and O–H groups in total. The molecule has 3 heterocycles. The van der Waals surface area contributed by atoms with E-state index in [1.54, 1.807) is 18.2 Å². The lowest BCUT2D eigenvalue weighted by Gasteiger charge is -2.40. The number of rotatable bonds is 1. The summed E-state index contributed by atoms with van der Waals surface area (Å²) in [6.07, 6.45) is 4.84. The Morgan fingerprint density at radius 2 is 1.73 bits per heavy atom. The van der Waals surface area contributed by atoms with Crippen LogP contribution in [0.1, 0.15) is 48.0 Å². The third-order valence-electron chi connectivity index (χ3n) is 6.90. The summed E-state index contributed by atoms with van der Waals surface area (Å²) in [7, 11) is 0. The molecular weight excluding hydrogens is 420 g/mol. The van der Waals surface area contributed by atoms with Crippen molar-refractivity contribution >= 4 is 22.9 Å². The Hall–Kier alpha value is -3.42. The molecule has 1 saturated heterocycles. The van der Waals surface area contributed by atoms with Crippen LogP contribution in [0.5, 0.6) is 5.75 Å². The van der Waals surface area contributed by atoms with Gasteiger partial charge in [0.2, 0.25) is 0 Å². The lowest BCUT2D eigenvalue weighted by atomic mass is 9.74. The van der Waals surface area contributed by atoms with Gasteiger partial charge in [-0.2, -0.15) is 15.4 Å². The number of benzene rings is 2. The van der Waals surface area contributed by atoms with Crippen molar-refractivity contribution in [3.8, 4) is 5.75 Å². The van der Waals surface area contributed by atoms with Crippen molar-refractivity contribution in [3.63, 3.8) is 0 Å². The largest absolute Gasteiger partial charge is 0.490 e. The van der Waals surface area contributed by atoms with Gasteiger partial charge >= 0.3 is 5.97 Å². The molecule has 0 atom stereocenters. The van der Waals surface area contributed by atoms with Crippen molar-refractivity contribution < 1.29 is 19.1 Å². The van der Waals surface area contributed by atoms with Crippen LogP contribution in [0.3, 0.4) is 0 Å². The van der Waals surface area contributed by atoms with Crippen LogP contribution in [-0.4, -0.2) is 58.5 Å². The van der Waals surface area contributed by atoms with E-state index in [1.165, 1.54) is 5.56 Å². The second-order valence-electron chi connectivity index (χ2n) is 8.90. The first-order valence-corrected chi connectivity index (χ1v) is 11.6. The number of carbonyl (C=O) groups excluding carboxylic acids is 2. The number of aryl methyl sites for hydroxylation is 1. The van der Waals surface area contributed by atoms with Gasteiger partial charge in [-0.25, -0.2) is 0 Å². The summed E-state index contributed by atoms with van der Waals surface area (Å²) in [6, 6.07) is 13.4. The zero-order valence-corrected chi connectivity index (χ0v) is 18.6. The number of aromatic nitrogens is 3. The molecule has 0 unspecified atom stereocenters. The lowest BCUT2D eigenvalue weighted by molar-refractivity contribution is -0.160. The zero-order valence-electron chi connectivity index (χ0n) is 18.6. The smallest absolute Gasteiger partial charge is 0.312 e. The van der Waals surface area contributed by atoms with Gasteiger partial charge in [-0.3, -0.25) is 9.59 Å². The average molecular weight is 449 g/mol. The van der Waals surface area contributed by atoms with E-state index in [0.717, 1.165) is 36.9 Å². The van der Waals surface area contributed by atoms with E-state index >= 15 is 0 Å². The van der Waals surface area contributed by atoms with Crippen LogP contribution in [0.4, 0.5) is 0 Å². The minimum absolute atomic E-state index is 0.0405. The summed E-state index contributed by atoms with van der Waals surface area (Å²) < 4.78 is 11.5. The molecule has 8 heteroatoms. The molecule has 2 aliphatic rings. The Morgan fingerprint density at radius 1 is 0.939 bits per heavy atom. The van der Waals surface area contributed by atoms with E-state index in [4.69, 9.17) is 9.47 Å². The fourth-order valence-corrected chi connectivity index (χ4v) is 4.92. The number of nitrogens with zero attached hydrogens (tertiary/aromatic N) is 3. The number of para-hydroxylation sites is 1. The van der Waals surface area contributed by atoms with Gasteiger partial charge in [-0.15, -0.1) is 0 Å². The number of amides is 1. The first-order valence-electron chi connectivity index (χ1n) is 11.6. The van der Waals surface area contributed by atoms with Crippen LogP contribution in [0.15, 0.2) is 42.5 Å². The Labute approximate surface area is 192 Å². The lowest BCUT2D eigenvalue weighted by Crippen LogP contribution is -2.47. The van der Waals surface area contributed by atoms with Crippen LogP contribution in [-0.2, 0) is 16.0 Å². The summed E-state index contributed by atoms with van der Waals surface area (Å²) in [5, 5.41) is 10.7. The highest BCUT2D eigenvalue weighted by Gasteiger charge is 2.43. The van der Waals surface area contributed by atoms with Crippen LogP contribution >= 0.6 is 0 Å². The number of hydrogen-bond acceptors (Lipinski definition) is 6. The fourth-order valence-electron chi connectivity index (χ4n) is 4.92. The van der Waals surface area contributed by atoms with Gasteiger partial charge in [0.15, 0.2) is 0 Å². The number of fused-ring (bicyclic) bond motifs is 2. The highest BCUT2D eigenvalue weighted by Crippen LogP contribution is 2.39. The summed E-state index contributed by atoms with van der Waals surface area (Å²) in [5.74, 6) is 0.678. The average Bonchev–Trinajstić information content (AvgIpc) is 3.32. The molecule has 3 aromatic rings. The number of carbonyl (C=O) groups is 2. The maximum absolute atomic E-state index is 13.1. The quantitative estimate of drug-likeness (QED) is 0.572. The topological polar surface area (TPSA) is 97.4 Å². The number of nitrogens with one attached hydrogen (secondary N) is 1. The van der Waals surface area contributed by atoms with Crippen LogP contribution in [0, 0.1) is 5.41 Å². The minimum Gasteiger partial charge on any atom is -0.490 e. The maximum atomic E-state index is 13.1. The highest BCUT2D eigenvalue weighted by molar-refractivity contribution is 5.97. The van der Waals surface area contributed by atoms with Gasteiger partial charge < -0.3 is 14.4 Å². The number of ether oxygens (including phenoxy) is 2. The summed E-state index contributed by atoms with van der Waals surface area (Å²) in [4.78, 5) is 28.0. The van der Waals surface area contributed by atoms with Gasteiger partial charge in [-0.1, -0.05) is 24.6 Å². The summed E-state index contributed by atoms with van der Waals surface area (Å²) in [5.41, 5.74) is 2.64. The predicted molar refractivity (Wildman–Crippen MR) is 122 cm³/mol. The van der Waals surface area contributed by atoms with E-state index < -0.39 is 5.41 Å². The van der Waals surface area contributed by atoms with Gasteiger partial charge in [0, 0.05) is 18.7 Å². The van der Waals surface area contributed by atoms with Crippen molar-refractivity contribution in [3.05, 3.63) is 53.6 Å². The van der Waals surface area contributed by atoms with E-state index in [9.17, 15) is 9.59 Å². The molecule has 0 bridgehead atoms. The second kappa shape index (κ2) is 9.21.